The first kappa shape index (κ1) is 14.9. The van der Waals surface area contributed by atoms with Crippen molar-refractivity contribution in [1.82, 2.24) is 0 Å². The number of nitrogens with two attached hydrogens (primary N) is 1. The molecule has 1 unspecified atom stereocenters. The minimum absolute atomic E-state index is 0.0368. The summed E-state index contributed by atoms with van der Waals surface area (Å²) < 4.78 is 5.45. The number of rotatable bonds is 5. The molecule has 1 aromatic rings. The summed E-state index contributed by atoms with van der Waals surface area (Å²) in [4.78, 5) is 0. The Balaban J connectivity index is 2.07. The Morgan fingerprint density at radius 3 is 2.50 bits per heavy atom. The number of hydrogen-bond acceptors (Lipinski definition) is 2. The zero-order chi connectivity index (χ0) is 14.6. The smallest absolute Gasteiger partial charge is 0.122 e. The Morgan fingerprint density at radius 1 is 1.30 bits per heavy atom. The highest BCUT2D eigenvalue weighted by molar-refractivity contribution is 5.34. The first-order valence-electron chi connectivity index (χ1n) is 7.30. The molecule has 107 valence electrons. The Hall–Kier alpha value is -1.54. The van der Waals surface area contributed by atoms with E-state index in [1.165, 1.54) is 11.1 Å². The second kappa shape index (κ2) is 6.27. The maximum absolute atomic E-state index is 5.83. The lowest BCUT2D eigenvalue weighted by Crippen LogP contribution is -2.27. The van der Waals surface area contributed by atoms with E-state index in [0.717, 1.165) is 12.2 Å². The fourth-order valence-corrected chi connectivity index (χ4v) is 2.33. The first-order valence-corrected chi connectivity index (χ1v) is 7.30. The fraction of sp³-hybridized carbons (Fsp3) is 0.444. The Labute approximate surface area is 122 Å². The van der Waals surface area contributed by atoms with Gasteiger partial charge in [0.1, 0.15) is 5.76 Å². The van der Waals surface area contributed by atoms with Gasteiger partial charge in [-0.2, -0.15) is 0 Å². The lowest BCUT2D eigenvalue weighted by Gasteiger charge is -2.24. The van der Waals surface area contributed by atoms with Crippen molar-refractivity contribution < 1.29 is 4.74 Å². The summed E-state index contributed by atoms with van der Waals surface area (Å²) in [5.74, 6) is 1.26. The van der Waals surface area contributed by atoms with Crippen LogP contribution in [0.15, 0.2) is 42.2 Å². The molecule has 2 N–H and O–H groups in total. The van der Waals surface area contributed by atoms with Crippen LogP contribution in [-0.2, 0) is 10.2 Å². The largest absolute Gasteiger partial charge is 0.494 e. The molecule has 0 aliphatic heterocycles. The van der Waals surface area contributed by atoms with Crippen LogP contribution in [0, 0.1) is 6.08 Å². The van der Waals surface area contributed by atoms with Crippen molar-refractivity contribution in [2.45, 2.75) is 38.5 Å². The highest BCUT2D eigenvalue weighted by atomic mass is 16.5. The number of allylic oxidation sites excluding steroid dienone is 3. The van der Waals surface area contributed by atoms with Crippen molar-refractivity contribution in [1.29, 1.82) is 0 Å². The molecule has 1 aliphatic carbocycles. The van der Waals surface area contributed by atoms with Gasteiger partial charge in [0.15, 0.2) is 0 Å². The van der Waals surface area contributed by atoms with Gasteiger partial charge in [0.25, 0.3) is 0 Å². The molecule has 2 rings (SSSR count). The van der Waals surface area contributed by atoms with Gasteiger partial charge in [-0.05, 0) is 30.5 Å². The van der Waals surface area contributed by atoms with E-state index in [1.807, 2.05) is 6.92 Å². The van der Waals surface area contributed by atoms with Gasteiger partial charge in [0.05, 0.1) is 6.61 Å². The monoisotopic (exact) mass is 270 g/mol. The zero-order valence-electron chi connectivity index (χ0n) is 12.6. The van der Waals surface area contributed by atoms with Crippen LogP contribution in [0.5, 0.6) is 0 Å². The van der Waals surface area contributed by atoms with Crippen molar-refractivity contribution in [2.75, 3.05) is 13.2 Å². The predicted octanol–water partition coefficient (Wildman–Crippen LogP) is 3.69. The highest BCUT2D eigenvalue weighted by Crippen LogP contribution is 2.29. The molecule has 1 atom stereocenters. The number of hydrogen-bond donors (Lipinski definition) is 1. The standard InChI is InChI=1S/C18H24NO/c1-4-20-17-11-7-15(8-12-17)14-5-9-16(10-6-14)18(2,3)13-19/h5-7,9-10,12,15H,4,8,13,19H2,1-3H3. The average molecular weight is 270 g/mol. The molecule has 1 aromatic carbocycles. The molecule has 20 heavy (non-hydrogen) atoms. The zero-order valence-corrected chi connectivity index (χ0v) is 12.6. The van der Waals surface area contributed by atoms with E-state index < -0.39 is 0 Å². The lowest BCUT2D eigenvalue weighted by atomic mass is 9.83. The third-order valence-corrected chi connectivity index (χ3v) is 3.91. The summed E-state index contributed by atoms with van der Waals surface area (Å²) in [5.41, 5.74) is 8.47. The van der Waals surface area contributed by atoms with Crippen LogP contribution in [0.25, 0.3) is 0 Å². The summed E-state index contributed by atoms with van der Waals surface area (Å²) >= 11 is 0. The number of benzene rings is 1. The minimum Gasteiger partial charge on any atom is -0.494 e. The molecule has 2 nitrogen and oxygen atoms in total. The molecule has 0 saturated heterocycles. The second-order valence-corrected chi connectivity index (χ2v) is 5.86. The minimum atomic E-state index is 0.0368. The average Bonchev–Trinajstić information content (AvgIpc) is 2.48. The van der Waals surface area contributed by atoms with Crippen molar-refractivity contribution in [3.05, 3.63) is 59.4 Å². The molecule has 0 aromatic heterocycles. The van der Waals surface area contributed by atoms with E-state index in [4.69, 9.17) is 10.5 Å². The van der Waals surface area contributed by atoms with Crippen molar-refractivity contribution >= 4 is 0 Å². The molecule has 0 heterocycles. The van der Waals surface area contributed by atoms with Crippen LogP contribution in [0.3, 0.4) is 0 Å². The maximum atomic E-state index is 5.83. The molecular weight excluding hydrogens is 246 g/mol. The second-order valence-electron chi connectivity index (χ2n) is 5.86. The van der Waals surface area contributed by atoms with E-state index in [9.17, 15) is 0 Å². The molecule has 2 heteroatoms. The van der Waals surface area contributed by atoms with Gasteiger partial charge in [0, 0.05) is 24.0 Å². The third kappa shape index (κ3) is 3.31. The maximum Gasteiger partial charge on any atom is 0.122 e. The Morgan fingerprint density at radius 2 is 2.00 bits per heavy atom. The van der Waals surface area contributed by atoms with E-state index in [0.29, 0.717) is 19.1 Å². The third-order valence-electron chi connectivity index (χ3n) is 3.91. The highest BCUT2D eigenvalue weighted by Gasteiger charge is 2.19. The normalized spacial score (nSPS) is 18.8. The van der Waals surface area contributed by atoms with Crippen molar-refractivity contribution in [2.24, 2.45) is 5.73 Å². The van der Waals surface area contributed by atoms with E-state index in [2.05, 4.69) is 56.3 Å². The van der Waals surface area contributed by atoms with E-state index >= 15 is 0 Å². The van der Waals surface area contributed by atoms with Crippen LogP contribution in [0.2, 0.25) is 0 Å². The van der Waals surface area contributed by atoms with Crippen LogP contribution in [0.4, 0.5) is 0 Å². The Bertz CT molecular complexity index is 497. The molecule has 0 saturated carbocycles. The summed E-state index contributed by atoms with van der Waals surface area (Å²) in [6.07, 6.45) is 8.41. The van der Waals surface area contributed by atoms with Gasteiger partial charge < -0.3 is 10.5 Å². The van der Waals surface area contributed by atoms with E-state index in [1.54, 1.807) is 0 Å². The van der Waals surface area contributed by atoms with Crippen LogP contribution >= 0.6 is 0 Å². The molecule has 0 fully saturated rings. The summed E-state index contributed by atoms with van der Waals surface area (Å²) in [7, 11) is 0. The molecule has 0 spiro atoms. The van der Waals surface area contributed by atoms with Gasteiger partial charge in [-0.1, -0.05) is 44.2 Å². The van der Waals surface area contributed by atoms with Gasteiger partial charge in [-0.15, -0.1) is 0 Å². The fourth-order valence-electron chi connectivity index (χ4n) is 2.33. The molecule has 1 radical (unpaired) electrons. The van der Waals surface area contributed by atoms with Crippen LogP contribution < -0.4 is 5.73 Å². The molecule has 1 aliphatic rings. The predicted molar refractivity (Wildman–Crippen MR) is 83.4 cm³/mol. The van der Waals surface area contributed by atoms with Gasteiger partial charge in [-0.3, -0.25) is 0 Å². The molecule has 0 amide bonds. The molecule has 0 bridgehead atoms. The molecular formula is C18H24NO. The topological polar surface area (TPSA) is 35.2 Å². The lowest BCUT2D eigenvalue weighted by molar-refractivity contribution is 0.236. The quantitative estimate of drug-likeness (QED) is 0.885. The first-order chi connectivity index (χ1) is 9.56. The summed E-state index contributed by atoms with van der Waals surface area (Å²) in [5, 5.41) is 0. The van der Waals surface area contributed by atoms with Gasteiger partial charge in [-0.25, -0.2) is 0 Å². The van der Waals surface area contributed by atoms with Gasteiger partial charge >= 0.3 is 0 Å². The SMILES string of the molecule is CCOC1=CCC(c2ccc(C(C)(C)CN)cc2)C=[C]1. The van der Waals surface area contributed by atoms with Crippen molar-refractivity contribution in [3.63, 3.8) is 0 Å². The summed E-state index contributed by atoms with van der Waals surface area (Å²) in [6, 6.07) is 8.79. The van der Waals surface area contributed by atoms with Crippen LogP contribution in [0.1, 0.15) is 44.2 Å². The number of ether oxygens (including phenoxy) is 1. The van der Waals surface area contributed by atoms with E-state index in [-0.39, 0.29) is 5.41 Å². The Kier molecular flexibility index (Phi) is 4.66. The summed E-state index contributed by atoms with van der Waals surface area (Å²) in [6.45, 7) is 7.69. The van der Waals surface area contributed by atoms with Crippen molar-refractivity contribution in [3.8, 4) is 0 Å². The van der Waals surface area contributed by atoms with Crippen LogP contribution in [-0.4, -0.2) is 13.2 Å². The van der Waals surface area contributed by atoms with Gasteiger partial charge in [0.2, 0.25) is 0 Å².